The van der Waals surface area contributed by atoms with E-state index in [4.69, 9.17) is 4.74 Å². The van der Waals surface area contributed by atoms with Gasteiger partial charge in [-0.25, -0.2) is 4.98 Å². The molecule has 0 spiro atoms. The Morgan fingerprint density at radius 1 is 1.50 bits per heavy atom. The second kappa shape index (κ2) is 6.00. The van der Waals surface area contributed by atoms with Crippen molar-refractivity contribution >= 4 is 11.8 Å². The van der Waals surface area contributed by atoms with Crippen LogP contribution in [0.25, 0.3) is 0 Å². The van der Waals surface area contributed by atoms with Gasteiger partial charge in [0.2, 0.25) is 5.95 Å². The minimum atomic E-state index is 0.372. The molecular weight excluding hydrogens is 228 g/mol. The van der Waals surface area contributed by atoms with Crippen LogP contribution in [0.15, 0.2) is 6.07 Å². The van der Waals surface area contributed by atoms with E-state index in [1.807, 2.05) is 19.9 Å². The lowest BCUT2D eigenvalue weighted by Crippen LogP contribution is -2.26. The van der Waals surface area contributed by atoms with Crippen molar-refractivity contribution in [2.45, 2.75) is 33.2 Å². The van der Waals surface area contributed by atoms with Crippen LogP contribution in [0.3, 0.4) is 0 Å². The lowest BCUT2D eigenvalue weighted by molar-refractivity contribution is 0.183. The van der Waals surface area contributed by atoms with Crippen LogP contribution in [0.2, 0.25) is 0 Å². The highest BCUT2D eigenvalue weighted by Gasteiger charge is 2.22. The Kier molecular flexibility index (Phi) is 4.36. The Labute approximate surface area is 108 Å². The Balaban J connectivity index is 2.03. The molecule has 1 saturated heterocycles. The molecule has 18 heavy (non-hydrogen) atoms. The third kappa shape index (κ3) is 3.32. The molecule has 2 heterocycles. The van der Waals surface area contributed by atoms with E-state index < -0.39 is 0 Å². The summed E-state index contributed by atoms with van der Waals surface area (Å²) in [6.45, 7) is 8.76. The monoisotopic (exact) mass is 250 g/mol. The number of nitrogens with zero attached hydrogens (tertiary/aromatic N) is 2. The minimum Gasteiger partial charge on any atom is -0.381 e. The zero-order chi connectivity index (χ0) is 13.0. The molecule has 2 atom stereocenters. The Bertz CT molecular complexity index is 391. The average Bonchev–Trinajstić information content (AvgIpc) is 2.81. The van der Waals surface area contributed by atoms with Crippen molar-refractivity contribution in [1.29, 1.82) is 0 Å². The normalized spacial score (nSPS) is 20.7. The number of hydrogen-bond acceptors (Lipinski definition) is 5. The average molecular weight is 250 g/mol. The minimum absolute atomic E-state index is 0.372. The van der Waals surface area contributed by atoms with E-state index in [9.17, 15) is 0 Å². The maximum absolute atomic E-state index is 5.42. The molecule has 0 bridgehead atoms. The van der Waals surface area contributed by atoms with Gasteiger partial charge in [-0.1, -0.05) is 0 Å². The van der Waals surface area contributed by atoms with Crippen LogP contribution in [0, 0.1) is 12.8 Å². The van der Waals surface area contributed by atoms with Gasteiger partial charge in [-0.3, -0.25) is 0 Å². The van der Waals surface area contributed by atoms with E-state index in [0.29, 0.717) is 17.9 Å². The molecule has 1 fully saturated rings. The van der Waals surface area contributed by atoms with Gasteiger partial charge in [-0.05, 0) is 27.2 Å². The van der Waals surface area contributed by atoms with Crippen LogP contribution >= 0.6 is 0 Å². The maximum Gasteiger partial charge on any atom is 0.224 e. The molecule has 0 radical (unpaired) electrons. The van der Waals surface area contributed by atoms with Crippen LogP contribution in [-0.2, 0) is 4.74 Å². The van der Waals surface area contributed by atoms with Gasteiger partial charge in [-0.2, -0.15) is 4.98 Å². The predicted octanol–water partition coefficient (Wildman–Crippen LogP) is 2.05. The maximum atomic E-state index is 5.42. The van der Waals surface area contributed by atoms with Gasteiger partial charge >= 0.3 is 0 Å². The van der Waals surface area contributed by atoms with E-state index in [1.165, 1.54) is 0 Å². The van der Waals surface area contributed by atoms with Gasteiger partial charge in [0.1, 0.15) is 5.82 Å². The zero-order valence-electron chi connectivity index (χ0n) is 11.4. The lowest BCUT2D eigenvalue weighted by Gasteiger charge is -2.20. The fourth-order valence-electron chi connectivity index (χ4n) is 2.18. The van der Waals surface area contributed by atoms with Gasteiger partial charge in [0.15, 0.2) is 0 Å². The summed E-state index contributed by atoms with van der Waals surface area (Å²) < 4.78 is 5.42. The summed E-state index contributed by atoms with van der Waals surface area (Å²) in [6.07, 6.45) is 1.12. The molecule has 5 heteroatoms. The molecule has 1 aromatic rings. The fraction of sp³-hybridized carbons (Fsp3) is 0.692. The van der Waals surface area contributed by atoms with Gasteiger partial charge in [0.25, 0.3) is 0 Å². The number of aryl methyl sites for hydroxylation is 1. The number of aromatic nitrogens is 2. The third-order valence-corrected chi connectivity index (χ3v) is 3.24. The molecule has 100 valence electrons. The first-order chi connectivity index (χ1) is 8.69. The van der Waals surface area contributed by atoms with Gasteiger partial charge in [0.05, 0.1) is 6.61 Å². The summed E-state index contributed by atoms with van der Waals surface area (Å²) in [5.41, 5.74) is 0.971. The fourth-order valence-corrected chi connectivity index (χ4v) is 2.18. The molecule has 0 amide bonds. The molecule has 2 N–H and O–H groups in total. The molecule has 0 saturated carbocycles. The molecule has 2 unspecified atom stereocenters. The highest BCUT2D eigenvalue weighted by atomic mass is 16.5. The van der Waals surface area contributed by atoms with Crippen LogP contribution in [0.5, 0.6) is 0 Å². The van der Waals surface area contributed by atoms with Crippen molar-refractivity contribution < 1.29 is 4.74 Å². The first-order valence-electron chi connectivity index (χ1n) is 6.63. The van der Waals surface area contributed by atoms with E-state index in [0.717, 1.165) is 37.7 Å². The number of rotatable bonds is 5. The summed E-state index contributed by atoms with van der Waals surface area (Å²) in [5.74, 6) is 2.15. The molecule has 2 rings (SSSR count). The molecule has 5 nitrogen and oxygen atoms in total. The standard InChI is InChI=1S/C13H22N4O/c1-4-14-13-15-9(2)7-12(17-13)16-10(3)11-5-6-18-8-11/h7,10-11H,4-6,8H2,1-3H3,(H2,14,15,16,17). The van der Waals surface area contributed by atoms with E-state index in [1.54, 1.807) is 0 Å². The zero-order valence-corrected chi connectivity index (χ0v) is 11.4. The first-order valence-corrected chi connectivity index (χ1v) is 6.63. The number of anilines is 2. The first kappa shape index (κ1) is 13.1. The van der Waals surface area contributed by atoms with Crippen LogP contribution in [0.1, 0.15) is 26.0 Å². The second-order valence-corrected chi connectivity index (χ2v) is 4.81. The summed E-state index contributed by atoms with van der Waals surface area (Å²) in [4.78, 5) is 8.80. The van der Waals surface area contributed by atoms with Crippen LogP contribution in [-0.4, -0.2) is 35.8 Å². The van der Waals surface area contributed by atoms with Crippen molar-refractivity contribution in [1.82, 2.24) is 9.97 Å². The van der Waals surface area contributed by atoms with Gasteiger partial charge in [0, 0.05) is 36.9 Å². The predicted molar refractivity (Wildman–Crippen MR) is 72.9 cm³/mol. The SMILES string of the molecule is CCNc1nc(C)cc(NC(C)C2CCOC2)n1. The van der Waals surface area contributed by atoms with Crippen LogP contribution < -0.4 is 10.6 Å². The van der Waals surface area contributed by atoms with Gasteiger partial charge in [-0.15, -0.1) is 0 Å². The molecule has 1 aliphatic rings. The van der Waals surface area contributed by atoms with Crippen molar-refractivity contribution in [2.75, 3.05) is 30.4 Å². The highest BCUT2D eigenvalue weighted by molar-refractivity contribution is 5.42. The van der Waals surface area contributed by atoms with E-state index in [-0.39, 0.29) is 0 Å². The smallest absolute Gasteiger partial charge is 0.224 e. The summed E-state index contributed by atoms with van der Waals surface area (Å²) >= 11 is 0. The summed E-state index contributed by atoms with van der Waals surface area (Å²) in [7, 11) is 0. The number of ether oxygens (including phenoxy) is 1. The Morgan fingerprint density at radius 2 is 2.33 bits per heavy atom. The number of nitrogens with one attached hydrogen (secondary N) is 2. The van der Waals surface area contributed by atoms with E-state index in [2.05, 4.69) is 27.5 Å². The highest BCUT2D eigenvalue weighted by Crippen LogP contribution is 2.20. The Hall–Kier alpha value is -1.36. The number of hydrogen-bond donors (Lipinski definition) is 2. The van der Waals surface area contributed by atoms with Gasteiger partial charge < -0.3 is 15.4 Å². The third-order valence-electron chi connectivity index (χ3n) is 3.24. The van der Waals surface area contributed by atoms with Crippen molar-refractivity contribution in [3.63, 3.8) is 0 Å². The second-order valence-electron chi connectivity index (χ2n) is 4.81. The van der Waals surface area contributed by atoms with Crippen molar-refractivity contribution in [3.8, 4) is 0 Å². The summed E-state index contributed by atoms with van der Waals surface area (Å²) in [5, 5.41) is 6.60. The van der Waals surface area contributed by atoms with Crippen LogP contribution in [0.4, 0.5) is 11.8 Å². The Morgan fingerprint density at radius 3 is 3.00 bits per heavy atom. The lowest BCUT2D eigenvalue weighted by atomic mass is 10.0. The molecular formula is C13H22N4O. The largest absolute Gasteiger partial charge is 0.381 e. The summed E-state index contributed by atoms with van der Waals surface area (Å²) in [6, 6.07) is 2.35. The van der Waals surface area contributed by atoms with Crippen molar-refractivity contribution in [3.05, 3.63) is 11.8 Å². The van der Waals surface area contributed by atoms with E-state index >= 15 is 0 Å². The molecule has 0 aromatic carbocycles. The molecule has 1 aromatic heterocycles. The molecule has 1 aliphatic heterocycles. The quantitative estimate of drug-likeness (QED) is 0.837. The molecule has 0 aliphatic carbocycles. The topological polar surface area (TPSA) is 59.1 Å². The van der Waals surface area contributed by atoms with Crippen molar-refractivity contribution in [2.24, 2.45) is 5.92 Å².